The first-order valence-electron chi connectivity index (χ1n) is 6.33. The van der Waals surface area contributed by atoms with Gasteiger partial charge < -0.3 is 5.73 Å². The zero-order valence-corrected chi connectivity index (χ0v) is 11.2. The van der Waals surface area contributed by atoms with Gasteiger partial charge in [0.15, 0.2) is 0 Å². The molecule has 0 spiro atoms. The summed E-state index contributed by atoms with van der Waals surface area (Å²) >= 11 is 5.01. The molecule has 1 fully saturated rings. The Morgan fingerprint density at radius 2 is 2.35 bits per heavy atom. The van der Waals surface area contributed by atoms with E-state index in [2.05, 4.69) is 24.0 Å². The molecule has 2 N–H and O–H groups in total. The van der Waals surface area contributed by atoms with Crippen LogP contribution in [-0.4, -0.2) is 22.5 Å². The van der Waals surface area contributed by atoms with Crippen LogP contribution in [-0.2, 0) is 6.54 Å². The molecule has 1 heterocycles. The predicted molar refractivity (Wildman–Crippen MR) is 76.1 cm³/mol. The van der Waals surface area contributed by atoms with Gasteiger partial charge in [-0.2, -0.15) is 0 Å². The first kappa shape index (κ1) is 12.5. The third kappa shape index (κ3) is 3.05. The van der Waals surface area contributed by atoms with Crippen LogP contribution in [0.2, 0.25) is 0 Å². The molecule has 17 heavy (non-hydrogen) atoms. The summed E-state index contributed by atoms with van der Waals surface area (Å²) in [5.41, 5.74) is 7.95. The van der Waals surface area contributed by atoms with Crippen LogP contribution in [0.25, 0.3) is 0 Å². The molecule has 0 aliphatic carbocycles. The van der Waals surface area contributed by atoms with Crippen molar-refractivity contribution in [1.29, 1.82) is 0 Å². The van der Waals surface area contributed by atoms with E-state index in [1.165, 1.54) is 31.4 Å². The fourth-order valence-corrected chi connectivity index (χ4v) is 2.75. The summed E-state index contributed by atoms with van der Waals surface area (Å²) in [5.74, 6) is 0. The highest BCUT2D eigenvalue weighted by Crippen LogP contribution is 2.22. The monoisotopic (exact) mass is 248 g/mol. The van der Waals surface area contributed by atoms with Crippen LogP contribution in [0.4, 0.5) is 0 Å². The highest BCUT2D eigenvalue weighted by Gasteiger charge is 2.22. The molecule has 1 atom stereocenters. The second-order valence-corrected chi connectivity index (χ2v) is 5.18. The smallest absolute Gasteiger partial charge is 0.103 e. The molecular weight excluding hydrogens is 228 g/mol. The molecule has 1 saturated heterocycles. The second-order valence-electron chi connectivity index (χ2n) is 4.74. The van der Waals surface area contributed by atoms with Crippen LogP contribution >= 0.6 is 12.2 Å². The number of hydrogen-bond donors (Lipinski definition) is 1. The van der Waals surface area contributed by atoms with E-state index in [0.717, 1.165) is 18.2 Å². The number of nitrogens with zero attached hydrogens (tertiary/aromatic N) is 1. The molecule has 2 rings (SSSR count). The predicted octanol–water partition coefficient (Wildman–Crippen LogP) is 2.70. The Balaban J connectivity index is 2.07. The highest BCUT2D eigenvalue weighted by atomic mass is 32.1. The number of benzene rings is 1. The lowest BCUT2D eigenvalue weighted by atomic mass is 10.1. The van der Waals surface area contributed by atoms with Crippen molar-refractivity contribution >= 4 is 17.2 Å². The van der Waals surface area contributed by atoms with Crippen molar-refractivity contribution in [2.75, 3.05) is 6.54 Å². The van der Waals surface area contributed by atoms with Gasteiger partial charge in [-0.05, 0) is 37.4 Å². The number of rotatable bonds is 4. The Morgan fingerprint density at radius 3 is 3.06 bits per heavy atom. The van der Waals surface area contributed by atoms with Crippen LogP contribution in [0.5, 0.6) is 0 Å². The fraction of sp³-hybridized carbons (Fsp3) is 0.500. The minimum absolute atomic E-state index is 0.486. The van der Waals surface area contributed by atoms with E-state index in [1.807, 2.05) is 12.1 Å². The van der Waals surface area contributed by atoms with Gasteiger partial charge in [-0.15, -0.1) is 0 Å². The van der Waals surface area contributed by atoms with Crippen LogP contribution in [0.3, 0.4) is 0 Å². The maximum absolute atomic E-state index is 5.66. The van der Waals surface area contributed by atoms with Gasteiger partial charge in [-0.1, -0.05) is 37.3 Å². The molecule has 0 bridgehead atoms. The number of nitrogens with two attached hydrogens (primary N) is 1. The zero-order valence-electron chi connectivity index (χ0n) is 10.4. The van der Waals surface area contributed by atoms with Crippen LogP contribution in [0, 0.1) is 0 Å². The SMILES string of the molecule is CCC1CCCN1Cc1cccc(C(N)=S)c1. The number of likely N-dealkylation sites (tertiary alicyclic amines) is 1. The summed E-state index contributed by atoms with van der Waals surface area (Å²) in [6, 6.07) is 9.05. The lowest BCUT2D eigenvalue weighted by molar-refractivity contribution is 0.240. The summed E-state index contributed by atoms with van der Waals surface area (Å²) in [5, 5.41) is 0. The van der Waals surface area contributed by atoms with Crippen LogP contribution < -0.4 is 5.73 Å². The molecule has 1 aromatic rings. The van der Waals surface area contributed by atoms with E-state index < -0.39 is 0 Å². The van der Waals surface area contributed by atoms with Crippen molar-refractivity contribution in [3.05, 3.63) is 35.4 Å². The van der Waals surface area contributed by atoms with Gasteiger partial charge in [0, 0.05) is 18.2 Å². The van der Waals surface area contributed by atoms with Crippen molar-refractivity contribution in [3.8, 4) is 0 Å². The Bertz CT molecular complexity index is 403. The molecule has 3 heteroatoms. The van der Waals surface area contributed by atoms with Gasteiger partial charge in [0.1, 0.15) is 4.99 Å². The lowest BCUT2D eigenvalue weighted by Gasteiger charge is -2.23. The Hall–Kier alpha value is -0.930. The molecule has 1 aromatic carbocycles. The largest absolute Gasteiger partial charge is 0.389 e. The minimum Gasteiger partial charge on any atom is -0.389 e. The van der Waals surface area contributed by atoms with E-state index in [9.17, 15) is 0 Å². The third-order valence-corrected chi connectivity index (χ3v) is 3.80. The standard InChI is InChI=1S/C14H20N2S/c1-2-13-7-4-8-16(13)10-11-5-3-6-12(9-11)14(15)17/h3,5-6,9,13H,2,4,7-8,10H2,1H3,(H2,15,17). The van der Waals surface area contributed by atoms with E-state index in [0.29, 0.717) is 4.99 Å². The van der Waals surface area contributed by atoms with Gasteiger partial charge in [0.05, 0.1) is 0 Å². The minimum atomic E-state index is 0.486. The summed E-state index contributed by atoms with van der Waals surface area (Å²) in [4.78, 5) is 3.05. The average molecular weight is 248 g/mol. The van der Waals surface area contributed by atoms with Gasteiger partial charge >= 0.3 is 0 Å². The maximum atomic E-state index is 5.66. The number of hydrogen-bond acceptors (Lipinski definition) is 2. The molecule has 1 unspecified atom stereocenters. The van der Waals surface area contributed by atoms with Crippen LogP contribution in [0.15, 0.2) is 24.3 Å². The molecule has 0 saturated carbocycles. The van der Waals surface area contributed by atoms with E-state index in [1.54, 1.807) is 0 Å². The third-order valence-electron chi connectivity index (χ3n) is 3.57. The summed E-state index contributed by atoms with van der Waals surface area (Å²) in [7, 11) is 0. The molecule has 0 amide bonds. The maximum Gasteiger partial charge on any atom is 0.103 e. The lowest BCUT2D eigenvalue weighted by Crippen LogP contribution is -2.28. The van der Waals surface area contributed by atoms with Crippen LogP contribution in [0.1, 0.15) is 37.3 Å². The topological polar surface area (TPSA) is 29.3 Å². The van der Waals surface area contributed by atoms with Crippen molar-refractivity contribution < 1.29 is 0 Å². The average Bonchev–Trinajstić information content (AvgIpc) is 2.76. The van der Waals surface area contributed by atoms with Gasteiger partial charge in [-0.25, -0.2) is 0 Å². The zero-order chi connectivity index (χ0) is 12.3. The molecular formula is C14H20N2S. The molecule has 0 aromatic heterocycles. The normalized spacial score (nSPS) is 20.6. The first-order chi connectivity index (χ1) is 8.20. The van der Waals surface area contributed by atoms with Crippen molar-refractivity contribution in [1.82, 2.24) is 4.90 Å². The van der Waals surface area contributed by atoms with E-state index >= 15 is 0 Å². The quantitative estimate of drug-likeness (QED) is 0.831. The van der Waals surface area contributed by atoms with Gasteiger partial charge in [0.25, 0.3) is 0 Å². The van der Waals surface area contributed by atoms with Crippen molar-refractivity contribution in [2.24, 2.45) is 5.73 Å². The van der Waals surface area contributed by atoms with E-state index in [-0.39, 0.29) is 0 Å². The Labute approximate surface area is 109 Å². The fourth-order valence-electron chi connectivity index (χ4n) is 2.62. The van der Waals surface area contributed by atoms with Gasteiger partial charge in [0.2, 0.25) is 0 Å². The molecule has 2 nitrogen and oxygen atoms in total. The highest BCUT2D eigenvalue weighted by molar-refractivity contribution is 7.80. The van der Waals surface area contributed by atoms with Crippen molar-refractivity contribution in [3.63, 3.8) is 0 Å². The summed E-state index contributed by atoms with van der Waals surface area (Å²) in [6.07, 6.45) is 3.91. The summed E-state index contributed by atoms with van der Waals surface area (Å²) < 4.78 is 0. The van der Waals surface area contributed by atoms with Gasteiger partial charge in [-0.3, -0.25) is 4.90 Å². The Kier molecular flexibility index (Phi) is 4.13. The Morgan fingerprint density at radius 1 is 1.53 bits per heavy atom. The molecule has 1 aliphatic heterocycles. The molecule has 92 valence electrons. The molecule has 1 aliphatic rings. The number of thiocarbonyl (C=S) groups is 1. The second kappa shape index (κ2) is 5.61. The first-order valence-corrected chi connectivity index (χ1v) is 6.74. The van der Waals surface area contributed by atoms with E-state index in [4.69, 9.17) is 18.0 Å². The van der Waals surface area contributed by atoms with Crippen molar-refractivity contribution in [2.45, 2.75) is 38.8 Å². The molecule has 0 radical (unpaired) electrons. The summed E-state index contributed by atoms with van der Waals surface area (Å²) in [6.45, 7) is 4.51.